The molecule has 2 atom stereocenters. The van der Waals surface area contributed by atoms with Crippen molar-refractivity contribution >= 4 is 41.5 Å². The number of unbranched alkanes of at least 4 members (excludes halogenated alkanes) is 24. The smallest absolute Gasteiger partial charge is 0.344 e. The van der Waals surface area contributed by atoms with Crippen LogP contribution in [-0.2, 0) is 33.4 Å². The molecule has 0 aromatic rings. The molecule has 0 saturated heterocycles. The predicted octanol–water partition coefficient (Wildman–Crippen LogP) is 10.2. The average molecular weight is 801 g/mol. The van der Waals surface area contributed by atoms with Crippen LogP contribution in [0.2, 0.25) is 0 Å². The minimum atomic E-state index is -2.19. The molecule has 12 heteroatoms. The molecule has 322 valence electrons. The van der Waals surface area contributed by atoms with Crippen LogP contribution in [0.15, 0.2) is 0 Å². The molecule has 0 aliphatic heterocycles. The van der Waals surface area contributed by atoms with Crippen molar-refractivity contribution in [1.82, 2.24) is 5.32 Å². The number of rotatable bonds is 41. The molecule has 0 aliphatic carbocycles. The predicted molar refractivity (Wildman–Crippen MR) is 223 cm³/mol. The summed E-state index contributed by atoms with van der Waals surface area (Å²) in [7, 11) is 0. The first kappa shape index (κ1) is 52.7. The lowest BCUT2D eigenvalue weighted by molar-refractivity contribution is -0.157. The lowest BCUT2D eigenvalue weighted by Gasteiger charge is -2.25. The lowest BCUT2D eigenvalue weighted by Crippen LogP contribution is -2.61. The highest BCUT2D eigenvalue weighted by Gasteiger charge is 2.36. The fourth-order valence-corrected chi connectivity index (χ4v) is 7.33. The second-order valence-electron chi connectivity index (χ2n) is 15.3. The van der Waals surface area contributed by atoms with Gasteiger partial charge in [-0.3, -0.25) is 24.9 Å². The first-order chi connectivity index (χ1) is 26.5. The van der Waals surface area contributed by atoms with Crippen molar-refractivity contribution in [2.75, 3.05) is 18.1 Å². The van der Waals surface area contributed by atoms with Crippen molar-refractivity contribution in [2.24, 2.45) is 5.73 Å². The van der Waals surface area contributed by atoms with E-state index in [0.29, 0.717) is 12.8 Å². The van der Waals surface area contributed by atoms with Crippen LogP contribution in [0.5, 0.6) is 0 Å². The van der Waals surface area contributed by atoms with E-state index in [4.69, 9.17) is 20.3 Å². The van der Waals surface area contributed by atoms with Crippen molar-refractivity contribution in [3.63, 3.8) is 0 Å². The first-order valence-corrected chi connectivity index (χ1v) is 23.2. The van der Waals surface area contributed by atoms with Gasteiger partial charge in [0.2, 0.25) is 5.91 Å². The van der Waals surface area contributed by atoms with E-state index in [9.17, 15) is 29.1 Å². The summed E-state index contributed by atoms with van der Waals surface area (Å²) in [5.74, 6) is -3.49. The summed E-state index contributed by atoms with van der Waals surface area (Å²) in [6, 6.07) is 0. The monoisotopic (exact) mass is 801 g/mol. The molecule has 0 aliphatic rings. The lowest BCUT2D eigenvalue weighted by atomic mass is 10.0. The second kappa shape index (κ2) is 37.2. The Hall–Kier alpha value is -2.34. The Morgan fingerprint density at radius 2 is 0.982 bits per heavy atom. The molecule has 0 aromatic carbocycles. The zero-order valence-corrected chi connectivity index (χ0v) is 35.7. The summed E-state index contributed by atoms with van der Waals surface area (Å²) >= 11 is 1.31. The van der Waals surface area contributed by atoms with Gasteiger partial charge in [-0.15, -0.1) is 0 Å². The summed E-state index contributed by atoms with van der Waals surface area (Å²) in [5.41, 5.74) is 3.58. The number of nitrogens with one attached hydrogen (secondary N) is 1. The number of hydrogen-bond donors (Lipinski definition) is 4. The van der Waals surface area contributed by atoms with Gasteiger partial charge < -0.3 is 25.0 Å². The molecule has 55 heavy (non-hydrogen) atoms. The van der Waals surface area contributed by atoms with Gasteiger partial charge in [-0.25, -0.2) is 4.79 Å². The number of carbonyl (C=O) groups excluding carboxylic acids is 3. The van der Waals surface area contributed by atoms with E-state index in [2.05, 4.69) is 19.2 Å². The van der Waals surface area contributed by atoms with Crippen LogP contribution in [0.1, 0.15) is 213 Å². The van der Waals surface area contributed by atoms with Crippen molar-refractivity contribution in [3.8, 4) is 0 Å². The van der Waals surface area contributed by atoms with E-state index in [1.165, 1.54) is 140 Å². The topological polar surface area (TPSA) is 182 Å². The van der Waals surface area contributed by atoms with Gasteiger partial charge in [0, 0.05) is 43.6 Å². The Bertz CT molecular complexity index is 999. The molecule has 5 N–H and O–H groups in total. The highest BCUT2D eigenvalue weighted by Crippen LogP contribution is 2.17. The Morgan fingerprint density at radius 1 is 0.582 bits per heavy atom. The van der Waals surface area contributed by atoms with Crippen LogP contribution < -0.4 is 11.1 Å². The zero-order valence-electron chi connectivity index (χ0n) is 34.9. The molecule has 1 amide bonds. The summed E-state index contributed by atoms with van der Waals surface area (Å²) in [6.45, 7) is 4.42. The molecule has 0 aromatic heterocycles. The largest absolute Gasteiger partial charge is 0.481 e. The highest BCUT2D eigenvalue weighted by molar-refractivity contribution is 7.99. The first-order valence-electron chi connectivity index (χ1n) is 22.0. The summed E-state index contributed by atoms with van der Waals surface area (Å²) in [4.78, 5) is 60.2. The second-order valence-corrected chi connectivity index (χ2v) is 16.5. The van der Waals surface area contributed by atoms with Gasteiger partial charge in [0.1, 0.15) is 12.7 Å². The molecule has 0 spiro atoms. The number of amides is 1. The van der Waals surface area contributed by atoms with Gasteiger partial charge in [0.05, 0.1) is 0 Å². The minimum absolute atomic E-state index is 0.0685. The van der Waals surface area contributed by atoms with E-state index < -0.39 is 42.5 Å². The molecule has 0 heterocycles. The standard InChI is InChI=1S/C43H80N2O9S/c1-3-5-7-9-11-13-15-17-19-21-23-25-27-29-40(49)53-35-37(36-55-34-32-38(46)45-43(44,42(51)52)33-31-39(47)48)54-41(50)30-28-26-24-22-20-18-16-14-12-10-8-6-4-2/h37H,3-36,44H2,1-2H3,(H,45,46)(H,47,48)(H,51,52)/t37-,43-/m1/s1. The number of ether oxygens (including phenoxy) is 2. The molecule has 0 saturated carbocycles. The number of thioether (sulfide) groups is 1. The van der Waals surface area contributed by atoms with E-state index in [0.717, 1.165) is 38.5 Å². The van der Waals surface area contributed by atoms with Gasteiger partial charge in [-0.2, -0.15) is 11.8 Å². The Morgan fingerprint density at radius 3 is 1.38 bits per heavy atom. The third-order valence-corrected chi connectivity index (χ3v) is 11.1. The third kappa shape index (κ3) is 34.6. The van der Waals surface area contributed by atoms with Crippen molar-refractivity contribution in [1.29, 1.82) is 0 Å². The van der Waals surface area contributed by atoms with Crippen LogP contribution in [0, 0.1) is 0 Å². The van der Waals surface area contributed by atoms with Gasteiger partial charge in [-0.1, -0.05) is 168 Å². The number of hydrogen-bond acceptors (Lipinski definition) is 9. The van der Waals surface area contributed by atoms with Crippen LogP contribution in [-0.4, -0.2) is 69.9 Å². The van der Waals surface area contributed by atoms with Gasteiger partial charge in [-0.05, 0) is 12.8 Å². The number of esters is 2. The maximum absolute atomic E-state index is 12.7. The SMILES string of the molecule is CCCCCCCCCCCCCCCC(=O)OC[C@H](CSCCC(=O)N[C@](N)(CCC(=O)O)C(=O)O)OC(=O)CCCCCCCCCCCCCCC. The van der Waals surface area contributed by atoms with E-state index in [1.54, 1.807) is 0 Å². The Labute approximate surface area is 338 Å². The van der Waals surface area contributed by atoms with Gasteiger partial charge in [0.25, 0.3) is 0 Å². The van der Waals surface area contributed by atoms with Crippen molar-refractivity contribution in [2.45, 2.75) is 225 Å². The Kier molecular flexibility index (Phi) is 35.7. The van der Waals surface area contributed by atoms with Gasteiger partial charge in [0.15, 0.2) is 5.66 Å². The van der Waals surface area contributed by atoms with Crippen LogP contribution >= 0.6 is 11.8 Å². The Balaban J connectivity index is 4.56. The minimum Gasteiger partial charge on any atom is -0.481 e. The number of carbonyl (C=O) groups is 5. The molecule has 0 fully saturated rings. The third-order valence-electron chi connectivity index (χ3n) is 9.95. The van der Waals surface area contributed by atoms with E-state index >= 15 is 0 Å². The highest BCUT2D eigenvalue weighted by atomic mass is 32.2. The zero-order chi connectivity index (χ0) is 40.8. The number of nitrogens with two attached hydrogens (primary N) is 1. The maximum Gasteiger partial charge on any atom is 0.344 e. The normalized spacial score (nSPS) is 12.9. The fraction of sp³-hybridized carbons (Fsp3) is 0.884. The van der Waals surface area contributed by atoms with E-state index in [-0.39, 0.29) is 36.5 Å². The molecule has 0 radical (unpaired) electrons. The summed E-state index contributed by atoms with van der Waals surface area (Å²) in [6.07, 6.45) is 30.5. The van der Waals surface area contributed by atoms with Crippen LogP contribution in [0.4, 0.5) is 0 Å². The van der Waals surface area contributed by atoms with E-state index in [1.807, 2.05) is 0 Å². The molecular weight excluding hydrogens is 721 g/mol. The molecule has 11 nitrogen and oxygen atoms in total. The number of carboxylic acids is 2. The summed E-state index contributed by atoms with van der Waals surface area (Å²) < 4.78 is 11.2. The average Bonchev–Trinajstić information content (AvgIpc) is 3.15. The summed E-state index contributed by atoms with van der Waals surface area (Å²) in [5, 5.41) is 20.5. The molecule has 0 rings (SSSR count). The quantitative estimate of drug-likeness (QED) is 0.0262. The number of carboxylic acid groups (broad SMARTS) is 2. The number of aliphatic carboxylic acids is 2. The molecule has 0 unspecified atom stereocenters. The maximum atomic E-state index is 12.7. The van der Waals surface area contributed by atoms with Crippen molar-refractivity contribution in [3.05, 3.63) is 0 Å². The van der Waals surface area contributed by atoms with Crippen molar-refractivity contribution < 1.29 is 43.7 Å². The van der Waals surface area contributed by atoms with Crippen LogP contribution in [0.25, 0.3) is 0 Å². The van der Waals surface area contributed by atoms with Crippen LogP contribution in [0.3, 0.4) is 0 Å². The molecule has 0 bridgehead atoms. The fourth-order valence-electron chi connectivity index (χ4n) is 6.41. The molecular formula is C43H80N2O9S. The van der Waals surface area contributed by atoms with Gasteiger partial charge >= 0.3 is 23.9 Å².